The summed E-state index contributed by atoms with van der Waals surface area (Å²) in [4.78, 5) is 11.9. The van der Waals surface area contributed by atoms with Crippen LogP contribution in [0.3, 0.4) is 0 Å². The summed E-state index contributed by atoms with van der Waals surface area (Å²) in [5.74, 6) is -2.21. The minimum Gasteiger partial charge on any atom is -0.492 e. The Kier molecular flexibility index (Phi) is 7.42. The summed E-state index contributed by atoms with van der Waals surface area (Å²) in [6.45, 7) is -0.00501. The summed E-state index contributed by atoms with van der Waals surface area (Å²) in [7, 11) is 0. The Labute approximate surface area is 167 Å². The lowest BCUT2D eigenvalue weighted by Gasteiger charge is -2.16. The van der Waals surface area contributed by atoms with E-state index in [1.54, 1.807) is 6.07 Å². The standard InChI is InChI=1S/C17H16ClF2IN2O3/c18-8-11(24)3-4-26-15-6-9(19)5-14(16(15)17(22)25)23-13-2-1-10(21)7-12(13)20/h1-2,5-7,11,23-24H,3-4,8H2,(H2,22,25). The lowest BCUT2D eigenvalue weighted by atomic mass is 10.1. The molecule has 0 aliphatic carbocycles. The van der Waals surface area contributed by atoms with Crippen LogP contribution in [0.4, 0.5) is 20.2 Å². The average molecular weight is 497 g/mol. The molecule has 0 spiro atoms. The molecule has 0 fully saturated rings. The van der Waals surface area contributed by atoms with Crippen LogP contribution in [0.25, 0.3) is 0 Å². The molecule has 0 aliphatic rings. The van der Waals surface area contributed by atoms with E-state index < -0.39 is 23.6 Å². The van der Waals surface area contributed by atoms with Crippen molar-refractivity contribution < 1.29 is 23.4 Å². The smallest absolute Gasteiger partial charge is 0.254 e. The lowest BCUT2D eigenvalue weighted by Crippen LogP contribution is -2.18. The van der Waals surface area contributed by atoms with Crippen LogP contribution in [0.2, 0.25) is 0 Å². The van der Waals surface area contributed by atoms with Gasteiger partial charge in [0.25, 0.3) is 5.91 Å². The second-order valence-electron chi connectivity index (χ2n) is 5.39. The third-order valence-electron chi connectivity index (χ3n) is 3.40. The van der Waals surface area contributed by atoms with Crippen molar-refractivity contribution in [3.8, 4) is 5.75 Å². The molecule has 0 aromatic heterocycles. The number of alkyl halides is 1. The Balaban J connectivity index is 2.34. The zero-order chi connectivity index (χ0) is 19.3. The molecule has 4 N–H and O–H groups in total. The van der Waals surface area contributed by atoms with Crippen LogP contribution >= 0.6 is 34.2 Å². The summed E-state index contributed by atoms with van der Waals surface area (Å²) in [5, 5.41) is 12.1. The lowest BCUT2D eigenvalue weighted by molar-refractivity contribution is 0.0996. The van der Waals surface area contributed by atoms with E-state index in [9.17, 15) is 18.7 Å². The molecule has 0 saturated carbocycles. The van der Waals surface area contributed by atoms with Gasteiger partial charge in [-0.25, -0.2) is 8.78 Å². The number of benzene rings is 2. The summed E-state index contributed by atoms with van der Waals surface area (Å²) >= 11 is 7.45. The van der Waals surface area contributed by atoms with Gasteiger partial charge >= 0.3 is 0 Å². The van der Waals surface area contributed by atoms with Crippen LogP contribution in [0.1, 0.15) is 16.8 Å². The maximum Gasteiger partial charge on any atom is 0.254 e. The first kappa shape index (κ1) is 20.7. The normalized spacial score (nSPS) is 11.9. The quantitative estimate of drug-likeness (QED) is 0.384. The number of ether oxygens (including phenoxy) is 1. The average Bonchev–Trinajstić information content (AvgIpc) is 2.56. The van der Waals surface area contributed by atoms with Crippen LogP contribution in [0, 0.1) is 15.2 Å². The summed E-state index contributed by atoms with van der Waals surface area (Å²) in [6, 6.07) is 6.43. The minimum absolute atomic E-state index is 0.00501. The van der Waals surface area contributed by atoms with Gasteiger partial charge in [0.15, 0.2) is 0 Å². The van der Waals surface area contributed by atoms with Gasteiger partial charge in [-0.1, -0.05) is 0 Å². The van der Waals surface area contributed by atoms with Crippen LogP contribution in [0.15, 0.2) is 30.3 Å². The first-order chi connectivity index (χ1) is 12.3. The van der Waals surface area contributed by atoms with E-state index in [2.05, 4.69) is 5.32 Å². The minimum atomic E-state index is -0.869. The first-order valence-corrected chi connectivity index (χ1v) is 9.15. The van der Waals surface area contributed by atoms with Crippen molar-refractivity contribution in [1.82, 2.24) is 0 Å². The highest BCUT2D eigenvalue weighted by Crippen LogP contribution is 2.31. The van der Waals surface area contributed by atoms with Crippen molar-refractivity contribution in [2.75, 3.05) is 17.8 Å². The molecule has 1 atom stereocenters. The predicted molar refractivity (Wildman–Crippen MR) is 104 cm³/mol. The molecule has 0 heterocycles. The Morgan fingerprint density at radius 3 is 2.65 bits per heavy atom. The van der Waals surface area contributed by atoms with Crippen molar-refractivity contribution in [3.63, 3.8) is 0 Å². The van der Waals surface area contributed by atoms with Crippen LogP contribution in [-0.2, 0) is 0 Å². The number of amides is 1. The summed E-state index contributed by atoms with van der Waals surface area (Å²) < 4.78 is 34.1. The maximum absolute atomic E-state index is 14.1. The van der Waals surface area contributed by atoms with E-state index >= 15 is 0 Å². The molecule has 26 heavy (non-hydrogen) atoms. The molecule has 5 nitrogen and oxygen atoms in total. The van der Waals surface area contributed by atoms with Gasteiger partial charge in [-0.15, -0.1) is 11.6 Å². The van der Waals surface area contributed by atoms with E-state index in [-0.39, 0.29) is 41.6 Å². The van der Waals surface area contributed by atoms with E-state index in [1.165, 1.54) is 12.1 Å². The number of anilines is 2. The number of halogens is 4. The molecule has 2 rings (SSSR count). The third kappa shape index (κ3) is 5.42. The Morgan fingerprint density at radius 1 is 1.31 bits per heavy atom. The molecular weight excluding hydrogens is 481 g/mol. The number of carbonyl (C=O) groups excluding carboxylic acids is 1. The number of aliphatic hydroxyl groups excluding tert-OH is 1. The number of rotatable bonds is 8. The highest BCUT2D eigenvalue weighted by Gasteiger charge is 2.19. The molecule has 2 aromatic carbocycles. The third-order valence-corrected chi connectivity index (χ3v) is 4.43. The molecular formula is C17H16ClF2IN2O3. The first-order valence-electron chi connectivity index (χ1n) is 7.54. The second kappa shape index (κ2) is 9.33. The zero-order valence-electron chi connectivity index (χ0n) is 13.4. The van der Waals surface area contributed by atoms with Crippen molar-refractivity contribution in [1.29, 1.82) is 0 Å². The van der Waals surface area contributed by atoms with Gasteiger partial charge in [0.2, 0.25) is 0 Å². The maximum atomic E-state index is 14.1. The largest absolute Gasteiger partial charge is 0.492 e. The van der Waals surface area contributed by atoms with E-state index in [0.717, 1.165) is 12.1 Å². The molecule has 9 heteroatoms. The SMILES string of the molecule is NC(=O)c1c(Nc2ccc(I)cc2F)cc(F)cc1OCCC(O)CCl. The predicted octanol–water partition coefficient (Wildman–Crippen LogP) is 3.78. The molecule has 140 valence electrons. The number of hydrogen-bond acceptors (Lipinski definition) is 4. The highest BCUT2D eigenvalue weighted by atomic mass is 127. The number of hydrogen-bond donors (Lipinski definition) is 3. The van der Waals surface area contributed by atoms with E-state index in [0.29, 0.717) is 3.57 Å². The van der Waals surface area contributed by atoms with Gasteiger partial charge in [-0.05, 0) is 46.9 Å². The molecule has 0 bridgehead atoms. The van der Waals surface area contributed by atoms with E-state index in [4.69, 9.17) is 22.1 Å². The van der Waals surface area contributed by atoms with Crippen LogP contribution < -0.4 is 15.8 Å². The Hall–Kier alpha value is -1.65. The molecule has 0 saturated heterocycles. The van der Waals surface area contributed by atoms with Crippen molar-refractivity contribution in [2.24, 2.45) is 5.73 Å². The summed E-state index contributed by atoms with van der Waals surface area (Å²) in [6.07, 6.45) is -0.604. The fourth-order valence-electron chi connectivity index (χ4n) is 2.17. The highest BCUT2D eigenvalue weighted by molar-refractivity contribution is 14.1. The number of primary amides is 1. The van der Waals surface area contributed by atoms with Gasteiger partial charge in [0, 0.05) is 21.9 Å². The molecule has 0 aliphatic heterocycles. The second-order valence-corrected chi connectivity index (χ2v) is 6.94. The van der Waals surface area contributed by atoms with Crippen molar-refractivity contribution in [2.45, 2.75) is 12.5 Å². The summed E-state index contributed by atoms with van der Waals surface area (Å²) in [5.41, 5.74) is 5.31. The number of nitrogens with one attached hydrogen (secondary N) is 1. The van der Waals surface area contributed by atoms with Crippen molar-refractivity contribution >= 4 is 51.5 Å². The monoisotopic (exact) mass is 496 g/mol. The van der Waals surface area contributed by atoms with Gasteiger partial charge in [0.1, 0.15) is 22.9 Å². The van der Waals surface area contributed by atoms with Gasteiger partial charge < -0.3 is 20.9 Å². The molecule has 0 radical (unpaired) electrons. The van der Waals surface area contributed by atoms with Gasteiger partial charge in [-0.2, -0.15) is 0 Å². The van der Waals surface area contributed by atoms with E-state index in [1.807, 2.05) is 22.6 Å². The zero-order valence-corrected chi connectivity index (χ0v) is 16.4. The topological polar surface area (TPSA) is 84.6 Å². The molecule has 1 amide bonds. The fourth-order valence-corrected chi connectivity index (χ4v) is 2.77. The molecule has 1 unspecified atom stereocenters. The van der Waals surface area contributed by atoms with Crippen LogP contribution in [0.5, 0.6) is 5.75 Å². The van der Waals surface area contributed by atoms with Crippen molar-refractivity contribution in [3.05, 3.63) is 51.1 Å². The number of nitrogens with two attached hydrogens (primary N) is 1. The number of carbonyl (C=O) groups is 1. The van der Waals surface area contributed by atoms with Gasteiger partial charge in [-0.3, -0.25) is 4.79 Å². The molecule has 2 aromatic rings. The number of aliphatic hydroxyl groups is 1. The van der Waals surface area contributed by atoms with Gasteiger partial charge in [0.05, 0.1) is 24.1 Å². The van der Waals surface area contributed by atoms with Crippen LogP contribution in [-0.4, -0.2) is 29.6 Å². The Morgan fingerprint density at radius 2 is 2.04 bits per heavy atom. The Bertz CT molecular complexity index is 808. The fraction of sp³-hybridized carbons (Fsp3) is 0.235.